The molecule has 3 rings (SSSR count). The van der Waals surface area contributed by atoms with E-state index in [9.17, 15) is 0 Å². The molecular weight excluding hydrogens is 426 g/mol. The molecule has 1 atom stereocenters. The molecule has 162 valence electrons. The highest BCUT2D eigenvalue weighted by atomic mass is 32.2. The zero-order chi connectivity index (χ0) is 22.9. The zero-order valence-electron chi connectivity index (χ0n) is 17.4. The van der Waals surface area contributed by atoms with Gasteiger partial charge in [-0.1, -0.05) is 30.3 Å². The quantitative estimate of drug-likeness (QED) is 0.195. The Morgan fingerprint density at radius 1 is 1.09 bits per heavy atom. The van der Waals surface area contributed by atoms with Gasteiger partial charge in [0.2, 0.25) is 17.5 Å². The molecular formula is C22H21N7O2S. The first-order valence-corrected chi connectivity index (χ1v) is 10.3. The Hall–Kier alpha value is -4.10. The predicted octanol–water partition coefficient (Wildman–Crippen LogP) is 3.60. The third-order valence-corrected chi connectivity index (χ3v) is 5.48. The molecule has 4 N–H and O–H groups in total. The summed E-state index contributed by atoms with van der Waals surface area (Å²) in [6, 6.07) is 20.8. The van der Waals surface area contributed by atoms with Crippen molar-refractivity contribution in [3.8, 4) is 17.8 Å². The lowest BCUT2D eigenvalue weighted by molar-refractivity contribution is 0.368. The van der Waals surface area contributed by atoms with Crippen molar-refractivity contribution in [2.75, 3.05) is 19.6 Å². The van der Waals surface area contributed by atoms with Gasteiger partial charge in [0.15, 0.2) is 11.7 Å². The van der Waals surface area contributed by atoms with Crippen LogP contribution in [0.25, 0.3) is 0 Å². The Bertz CT molecular complexity index is 1120. The van der Waals surface area contributed by atoms with Gasteiger partial charge in [0.05, 0.1) is 31.2 Å². The van der Waals surface area contributed by atoms with Gasteiger partial charge in [-0.15, -0.1) is 11.8 Å². The summed E-state index contributed by atoms with van der Waals surface area (Å²) in [4.78, 5) is 10.0. The van der Waals surface area contributed by atoms with Crippen molar-refractivity contribution in [2.24, 2.45) is 10.8 Å². The summed E-state index contributed by atoms with van der Waals surface area (Å²) >= 11 is 1.57. The van der Waals surface area contributed by atoms with E-state index in [-0.39, 0.29) is 11.0 Å². The minimum atomic E-state index is -0.397. The van der Waals surface area contributed by atoms with Crippen molar-refractivity contribution in [3.05, 3.63) is 72.1 Å². The van der Waals surface area contributed by atoms with Gasteiger partial charge in [-0.3, -0.25) is 10.8 Å². The van der Waals surface area contributed by atoms with E-state index < -0.39 is 5.84 Å². The highest BCUT2D eigenvalue weighted by Gasteiger charge is 2.21. The summed E-state index contributed by atoms with van der Waals surface area (Å²) in [6.45, 7) is 0. The lowest BCUT2D eigenvalue weighted by atomic mass is 10.1. The fraction of sp³-hybridized carbons (Fsp3) is 0.136. The fourth-order valence-electron chi connectivity index (χ4n) is 2.66. The molecule has 0 saturated heterocycles. The van der Waals surface area contributed by atoms with Crippen LogP contribution in [0.15, 0.2) is 70.7 Å². The molecule has 1 heterocycles. The molecule has 0 radical (unpaired) electrons. The number of nitrogens with zero attached hydrogens (tertiary/aromatic N) is 4. The van der Waals surface area contributed by atoms with E-state index in [2.05, 4.69) is 20.5 Å². The van der Waals surface area contributed by atoms with Crippen molar-refractivity contribution in [2.45, 2.75) is 10.1 Å². The Labute approximate surface area is 189 Å². The Balaban J connectivity index is 1.88. The van der Waals surface area contributed by atoms with Crippen LogP contribution in [0, 0.1) is 16.7 Å². The van der Waals surface area contributed by atoms with E-state index in [4.69, 9.17) is 25.9 Å². The number of methoxy groups -OCH3 is 2. The summed E-state index contributed by atoms with van der Waals surface area (Å²) in [6.07, 6.45) is 0. The fourth-order valence-corrected chi connectivity index (χ4v) is 3.72. The van der Waals surface area contributed by atoms with E-state index in [1.807, 2.05) is 54.6 Å². The predicted molar refractivity (Wildman–Crippen MR) is 124 cm³/mol. The van der Waals surface area contributed by atoms with E-state index in [1.165, 1.54) is 0 Å². The largest absolute Gasteiger partial charge is 0.481 e. The standard InChI is InChI=1S/C22H21N7O2S/c1-30-18-12-19(31-2)27-22(26-18)20(14-6-4-3-5-7-14)32-16-10-8-15(9-11-16)28-29-17(13-23)21(24)25/h3-12,20,28H,1-2H3,(H3,24,25)/b29-17+. The summed E-state index contributed by atoms with van der Waals surface area (Å²) in [5.41, 5.74) is 9.52. The third kappa shape index (κ3) is 5.74. The monoisotopic (exact) mass is 447 g/mol. The number of benzene rings is 2. The number of amidine groups is 1. The number of hydrogen-bond donors (Lipinski definition) is 3. The van der Waals surface area contributed by atoms with E-state index in [0.717, 1.165) is 10.5 Å². The van der Waals surface area contributed by atoms with Crippen molar-refractivity contribution < 1.29 is 9.47 Å². The Morgan fingerprint density at radius 2 is 1.72 bits per heavy atom. The molecule has 1 aromatic heterocycles. The number of aromatic nitrogens is 2. The molecule has 0 aliphatic carbocycles. The van der Waals surface area contributed by atoms with Crippen molar-refractivity contribution in [1.29, 1.82) is 10.7 Å². The molecule has 0 bridgehead atoms. The van der Waals surface area contributed by atoms with Gasteiger partial charge in [-0.2, -0.15) is 20.3 Å². The maximum Gasteiger partial charge on any atom is 0.220 e. The minimum absolute atomic E-state index is 0.184. The number of anilines is 1. The first-order chi connectivity index (χ1) is 15.5. The molecule has 0 amide bonds. The van der Waals surface area contributed by atoms with Crippen LogP contribution in [0.3, 0.4) is 0 Å². The second-order valence-corrected chi connectivity index (χ2v) is 7.52. The van der Waals surface area contributed by atoms with E-state index in [0.29, 0.717) is 23.3 Å². The number of rotatable bonds is 9. The van der Waals surface area contributed by atoms with Gasteiger partial charge >= 0.3 is 0 Å². The average molecular weight is 448 g/mol. The van der Waals surface area contributed by atoms with Crippen LogP contribution in [0.5, 0.6) is 11.8 Å². The van der Waals surface area contributed by atoms with Crippen LogP contribution in [-0.4, -0.2) is 35.7 Å². The highest BCUT2D eigenvalue weighted by molar-refractivity contribution is 7.99. The maximum atomic E-state index is 8.93. The molecule has 9 nitrogen and oxygen atoms in total. The van der Waals surface area contributed by atoms with Crippen molar-refractivity contribution in [1.82, 2.24) is 9.97 Å². The number of nitrogens with one attached hydrogen (secondary N) is 2. The van der Waals surface area contributed by atoms with Gasteiger partial charge < -0.3 is 15.2 Å². The third-order valence-electron chi connectivity index (χ3n) is 4.22. The van der Waals surface area contributed by atoms with Crippen LogP contribution >= 0.6 is 11.8 Å². The van der Waals surface area contributed by atoms with Crippen LogP contribution in [0.2, 0.25) is 0 Å². The van der Waals surface area contributed by atoms with Gasteiger partial charge in [0, 0.05) is 4.90 Å². The molecule has 0 spiro atoms. The van der Waals surface area contributed by atoms with Gasteiger partial charge in [0.1, 0.15) is 6.07 Å². The number of ether oxygens (including phenoxy) is 2. The lowest BCUT2D eigenvalue weighted by Gasteiger charge is -2.17. The number of nitriles is 1. The summed E-state index contributed by atoms with van der Waals surface area (Å²) in [7, 11) is 3.10. The van der Waals surface area contributed by atoms with Gasteiger partial charge in [0.25, 0.3) is 0 Å². The van der Waals surface area contributed by atoms with Crippen molar-refractivity contribution in [3.63, 3.8) is 0 Å². The first-order valence-electron chi connectivity index (χ1n) is 9.41. The van der Waals surface area contributed by atoms with Gasteiger partial charge in [-0.25, -0.2) is 0 Å². The van der Waals surface area contributed by atoms with E-state index >= 15 is 0 Å². The molecule has 3 aromatic rings. The van der Waals surface area contributed by atoms with Crippen molar-refractivity contribution >= 4 is 29.0 Å². The molecule has 2 aromatic carbocycles. The molecule has 0 saturated carbocycles. The normalized spacial score (nSPS) is 11.8. The first kappa shape index (κ1) is 22.6. The Kier molecular flexibility index (Phi) is 7.61. The average Bonchev–Trinajstić information content (AvgIpc) is 2.83. The SMILES string of the molecule is COc1cc(OC)nc(C(Sc2ccc(N/N=C(\C#N)C(=N)N)cc2)c2ccccc2)n1. The molecule has 32 heavy (non-hydrogen) atoms. The number of thioether (sulfide) groups is 1. The van der Waals surface area contributed by atoms with E-state index in [1.54, 1.807) is 38.1 Å². The Morgan fingerprint density at radius 3 is 2.25 bits per heavy atom. The molecule has 0 fully saturated rings. The number of nitrogens with two attached hydrogens (primary N) is 1. The minimum Gasteiger partial charge on any atom is -0.481 e. The zero-order valence-corrected chi connectivity index (χ0v) is 18.3. The highest BCUT2D eigenvalue weighted by Crippen LogP contribution is 2.40. The van der Waals surface area contributed by atoms with Crippen LogP contribution < -0.4 is 20.6 Å². The van der Waals surface area contributed by atoms with Crippen LogP contribution in [0.4, 0.5) is 5.69 Å². The second-order valence-electron chi connectivity index (χ2n) is 6.34. The molecule has 0 aliphatic rings. The van der Waals surface area contributed by atoms with Crippen LogP contribution in [0.1, 0.15) is 16.6 Å². The summed E-state index contributed by atoms with van der Waals surface area (Å²) in [5.74, 6) is 1.00. The molecule has 1 unspecified atom stereocenters. The lowest BCUT2D eigenvalue weighted by Crippen LogP contribution is -2.21. The summed E-state index contributed by atoms with van der Waals surface area (Å²) < 4.78 is 10.6. The smallest absolute Gasteiger partial charge is 0.220 e. The summed E-state index contributed by atoms with van der Waals surface area (Å²) in [5, 5.41) is 19.9. The van der Waals surface area contributed by atoms with Crippen LogP contribution in [-0.2, 0) is 0 Å². The molecule has 0 aliphatic heterocycles. The number of hydrazone groups is 1. The van der Waals surface area contributed by atoms with Gasteiger partial charge in [-0.05, 0) is 29.8 Å². The topological polar surface area (TPSA) is 142 Å². The molecule has 10 heteroatoms. The second kappa shape index (κ2) is 10.8. The maximum absolute atomic E-state index is 8.93. The number of hydrogen-bond acceptors (Lipinski definition) is 9.